The van der Waals surface area contributed by atoms with Gasteiger partial charge in [-0.3, -0.25) is 4.72 Å². The summed E-state index contributed by atoms with van der Waals surface area (Å²) in [6.45, 7) is -0.0467. The molecule has 8 nitrogen and oxygen atoms in total. The SMILES string of the molecule is COc1c(/C=C/C(=O)O)c(NS(=O)(=O)c2cccs2)cc2c1OCO2. The Hall–Kier alpha value is -2.72. The highest BCUT2D eigenvalue weighted by atomic mass is 32.2. The molecule has 2 N–H and O–H groups in total. The van der Waals surface area contributed by atoms with Crippen LogP contribution in [0.5, 0.6) is 17.2 Å². The van der Waals surface area contributed by atoms with E-state index in [0.717, 1.165) is 17.4 Å². The lowest BCUT2D eigenvalue weighted by atomic mass is 10.1. The number of sulfonamides is 1. The maximum atomic E-state index is 12.5. The maximum Gasteiger partial charge on any atom is 0.328 e. The van der Waals surface area contributed by atoms with Gasteiger partial charge in [-0.2, -0.15) is 0 Å². The van der Waals surface area contributed by atoms with Crippen molar-refractivity contribution >= 4 is 39.1 Å². The zero-order valence-corrected chi connectivity index (χ0v) is 14.5. The van der Waals surface area contributed by atoms with Crippen molar-refractivity contribution in [1.82, 2.24) is 0 Å². The molecule has 1 aliphatic rings. The van der Waals surface area contributed by atoms with Crippen LogP contribution in [0.15, 0.2) is 33.9 Å². The van der Waals surface area contributed by atoms with Gasteiger partial charge in [-0.25, -0.2) is 13.2 Å². The Labute approximate surface area is 147 Å². The van der Waals surface area contributed by atoms with E-state index in [0.29, 0.717) is 5.75 Å². The molecule has 1 aromatic carbocycles. The molecule has 2 aromatic rings. The minimum Gasteiger partial charge on any atom is -0.492 e. The van der Waals surface area contributed by atoms with Crippen LogP contribution < -0.4 is 18.9 Å². The molecule has 1 aromatic heterocycles. The normalized spacial score (nSPS) is 13.2. The Morgan fingerprint density at radius 3 is 2.88 bits per heavy atom. The summed E-state index contributed by atoms with van der Waals surface area (Å²) in [6.07, 6.45) is 2.11. The van der Waals surface area contributed by atoms with Crippen LogP contribution in [0.3, 0.4) is 0 Å². The van der Waals surface area contributed by atoms with Crippen LogP contribution in [-0.4, -0.2) is 33.4 Å². The van der Waals surface area contributed by atoms with Crippen LogP contribution in [0.1, 0.15) is 5.56 Å². The molecule has 0 amide bonds. The Morgan fingerprint density at radius 2 is 2.24 bits per heavy atom. The molecule has 0 fully saturated rings. The second-order valence-corrected chi connectivity index (χ2v) is 7.67. The fourth-order valence-corrected chi connectivity index (χ4v) is 4.31. The van der Waals surface area contributed by atoms with E-state index in [2.05, 4.69) is 4.72 Å². The van der Waals surface area contributed by atoms with Crippen LogP contribution in [0.25, 0.3) is 6.08 Å². The first kappa shape index (κ1) is 17.1. The van der Waals surface area contributed by atoms with Crippen molar-refractivity contribution in [2.24, 2.45) is 0 Å². The molecule has 0 spiro atoms. The molecule has 0 radical (unpaired) electrons. The number of methoxy groups -OCH3 is 1. The summed E-state index contributed by atoms with van der Waals surface area (Å²) in [5.41, 5.74) is 0.335. The van der Waals surface area contributed by atoms with Crippen molar-refractivity contribution in [3.05, 3.63) is 35.2 Å². The third-order valence-corrected chi connectivity index (χ3v) is 6.02. The number of anilines is 1. The van der Waals surface area contributed by atoms with Crippen LogP contribution >= 0.6 is 11.3 Å². The van der Waals surface area contributed by atoms with Gasteiger partial charge in [0.15, 0.2) is 11.5 Å². The minimum absolute atomic E-state index is 0.0467. The summed E-state index contributed by atoms with van der Waals surface area (Å²) in [5, 5.41) is 10.5. The summed E-state index contributed by atoms with van der Waals surface area (Å²) in [5.74, 6) is -0.428. The van der Waals surface area contributed by atoms with Crippen molar-refractivity contribution in [3.8, 4) is 17.2 Å². The number of hydrogen-bond acceptors (Lipinski definition) is 7. The zero-order chi connectivity index (χ0) is 18.0. The predicted octanol–water partition coefficient (Wildman–Crippen LogP) is 2.38. The second-order valence-electron chi connectivity index (χ2n) is 4.81. The smallest absolute Gasteiger partial charge is 0.328 e. The number of carboxylic acids is 1. The van der Waals surface area contributed by atoms with E-state index < -0.39 is 16.0 Å². The maximum absolute atomic E-state index is 12.5. The van der Waals surface area contributed by atoms with Crippen molar-refractivity contribution < 1.29 is 32.5 Å². The number of thiophene rings is 1. The number of fused-ring (bicyclic) bond motifs is 1. The van der Waals surface area contributed by atoms with Gasteiger partial charge in [0, 0.05) is 17.7 Å². The first-order valence-electron chi connectivity index (χ1n) is 6.90. The van der Waals surface area contributed by atoms with Crippen molar-refractivity contribution in [3.63, 3.8) is 0 Å². The van der Waals surface area contributed by atoms with Crippen LogP contribution in [-0.2, 0) is 14.8 Å². The molecule has 0 bridgehead atoms. The number of ether oxygens (including phenoxy) is 3. The van der Waals surface area contributed by atoms with E-state index >= 15 is 0 Å². The van der Waals surface area contributed by atoms with Gasteiger partial charge in [0.25, 0.3) is 10.0 Å². The second kappa shape index (κ2) is 6.65. The van der Waals surface area contributed by atoms with E-state index in [-0.39, 0.29) is 33.8 Å². The van der Waals surface area contributed by atoms with Gasteiger partial charge in [-0.15, -0.1) is 11.3 Å². The molecular formula is C15H13NO7S2. The molecule has 10 heteroatoms. The molecular weight excluding hydrogens is 370 g/mol. The Bertz CT molecular complexity index is 933. The number of nitrogens with one attached hydrogen (secondary N) is 1. The lowest BCUT2D eigenvalue weighted by molar-refractivity contribution is -0.131. The molecule has 2 heterocycles. The van der Waals surface area contributed by atoms with Gasteiger partial charge in [0.05, 0.1) is 12.8 Å². The molecule has 25 heavy (non-hydrogen) atoms. The van der Waals surface area contributed by atoms with Gasteiger partial charge >= 0.3 is 5.97 Å². The topological polar surface area (TPSA) is 111 Å². The monoisotopic (exact) mass is 383 g/mol. The van der Waals surface area contributed by atoms with Crippen molar-refractivity contribution in [2.45, 2.75) is 4.21 Å². The fraction of sp³-hybridized carbons (Fsp3) is 0.133. The van der Waals surface area contributed by atoms with Gasteiger partial charge in [0.2, 0.25) is 12.5 Å². The molecule has 0 saturated carbocycles. The van der Waals surface area contributed by atoms with E-state index in [1.54, 1.807) is 11.4 Å². The van der Waals surface area contributed by atoms with Crippen LogP contribution in [0.2, 0.25) is 0 Å². The Balaban J connectivity index is 2.13. The lowest BCUT2D eigenvalue weighted by Crippen LogP contribution is -2.13. The number of carbonyl (C=O) groups is 1. The van der Waals surface area contributed by atoms with E-state index in [1.807, 2.05) is 0 Å². The summed E-state index contributed by atoms with van der Waals surface area (Å²) < 4.78 is 43.5. The third kappa shape index (κ3) is 3.39. The summed E-state index contributed by atoms with van der Waals surface area (Å²) in [6, 6.07) is 4.51. The number of hydrogen-bond donors (Lipinski definition) is 2. The average molecular weight is 383 g/mol. The lowest BCUT2D eigenvalue weighted by Gasteiger charge is -2.15. The quantitative estimate of drug-likeness (QED) is 0.737. The average Bonchev–Trinajstić information content (AvgIpc) is 3.23. The van der Waals surface area contributed by atoms with Gasteiger partial charge in [-0.1, -0.05) is 6.07 Å². The van der Waals surface area contributed by atoms with Gasteiger partial charge in [-0.05, 0) is 17.5 Å². The van der Waals surface area contributed by atoms with E-state index in [4.69, 9.17) is 19.3 Å². The predicted molar refractivity (Wildman–Crippen MR) is 90.9 cm³/mol. The largest absolute Gasteiger partial charge is 0.492 e. The Morgan fingerprint density at radius 1 is 1.44 bits per heavy atom. The molecule has 3 rings (SSSR count). The fourth-order valence-electron chi connectivity index (χ4n) is 2.25. The first-order chi connectivity index (χ1) is 11.9. The van der Waals surface area contributed by atoms with E-state index in [1.165, 1.54) is 25.3 Å². The number of rotatable bonds is 6. The molecule has 1 aliphatic heterocycles. The first-order valence-corrected chi connectivity index (χ1v) is 9.26. The highest BCUT2D eigenvalue weighted by Gasteiger charge is 2.27. The van der Waals surface area contributed by atoms with Gasteiger partial charge < -0.3 is 19.3 Å². The number of aliphatic carboxylic acids is 1. The molecule has 0 atom stereocenters. The standard InChI is InChI=1S/C15H13NO7S2/c1-21-14-9(4-5-12(17)18)10(7-11-15(14)23-8-22-11)16-25(19,20)13-3-2-6-24-13/h2-7,16H,8H2,1H3,(H,17,18)/b5-4+. The number of benzene rings is 1. The molecule has 0 aliphatic carbocycles. The third-order valence-electron chi connectivity index (χ3n) is 3.26. The minimum atomic E-state index is -3.84. The highest BCUT2D eigenvalue weighted by molar-refractivity contribution is 7.94. The molecule has 0 unspecified atom stereocenters. The van der Waals surface area contributed by atoms with Crippen molar-refractivity contribution in [1.29, 1.82) is 0 Å². The highest BCUT2D eigenvalue weighted by Crippen LogP contribution is 2.47. The van der Waals surface area contributed by atoms with Crippen LogP contribution in [0.4, 0.5) is 5.69 Å². The summed E-state index contributed by atoms with van der Waals surface area (Å²) in [4.78, 5) is 10.9. The molecule has 0 saturated heterocycles. The molecule has 132 valence electrons. The Kier molecular flexibility index (Phi) is 4.55. The van der Waals surface area contributed by atoms with E-state index in [9.17, 15) is 13.2 Å². The zero-order valence-electron chi connectivity index (χ0n) is 12.9. The summed E-state index contributed by atoms with van der Waals surface area (Å²) in [7, 11) is -2.47. The van der Waals surface area contributed by atoms with Crippen LogP contribution in [0, 0.1) is 0 Å². The summed E-state index contributed by atoms with van der Waals surface area (Å²) >= 11 is 1.06. The van der Waals surface area contributed by atoms with Gasteiger partial charge in [0.1, 0.15) is 4.21 Å². The number of carboxylic acid groups (broad SMARTS) is 1. The van der Waals surface area contributed by atoms with Crippen molar-refractivity contribution in [2.75, 3.05) is 18.6 Å².